The molecule has 0 fully saturated rings. The summed E-state index contributed by atoms with van der Waals surface area (Å²) in [5.41, 5.74) is 0.792. The maximum atomic E-state index is 4.58. The summed E-state index contributed by atoms with van der Waals surface area (Å²) in [5.74, 6) is 1.70. The summed E-state index contributed by atoms with van der Waals surface area (Å²) in [6.45, 7) is 5.81. The lowest BCUT2D eigenvalue weighted by Crippen LogP contribution is -2.26. The number of aromatic nitrogens is 5. The lowest BCUT2D eigenvalue weighted by molar-refractivity contribution is 0.790. The number of anilines is 1. The van der Waals surface area contributed by atoms with E-state index in [0.717, 1.165) is 47.2 Å². The highest BCUT2D eigenvalue weighted by atomic mass is 32.1. The molecule has 20 heavy (non-hydrogen) atoms. The molecule has 6 nitrogen and oxygen atoms in total. The summed E-state index contributed by atoms with van der Waals surface area (Å²) >= 11 is 1.69. The number of rotatable bonds is 5. The minimum absolute atomic E-state index is 0.754. The van der Waals surface area contributed by atoms with Crippen LogP contribution in [0.2, 0.25) is 0 Å². The molecular formula is C13H16N6S. The van der Waals surface area contributed by atoms with Gasteiger partial charge < -0.3 is 4.90 Å². The average Bonchev–Trinajstić information content (AvgIpc) is 3.09. The van der Waals surface area contributed by atoms with E-state index in [2.05, 4.69) is 37.0 Å². The second kappa shape index (κ2) is 5.54. The minimum Gasteiger partial charge on any atom is -0.356 e. The van der Waals surface area contributed by atoms with Crippen LogP contribution < -0.4 is 4.90 Å². The SMILES string of the molecule is CCN(CCc1nccs1)c1nc(C)nc2[nH]ncc12. The molecule has 0 atom stereocenters. The van der Waals surface area contributed by atoms with Crippen molar-refractivity contribution in [1.29, 1.82) is 0 Å². The number of thiazole rings is 1. The van der Waals surface area contributed by atoms with Crippen LogP contribution in [0.5, 0.6) is 0 Å². The molecule has 0 bridgehead atoms. The van der Waals surface area contributed by atoms with Crippen LogP contribution in [0.25, 0.3) is 11.0 Å². The fourth-order valence-corrected chi connectivity index (χ4v) is 2.80. The lowest BCUT2D eigenvalue weighted by atomic mass is 10.3. The van der Waals surface area contributed by atoms with Crippen LogP contribution in [0.4, 0.5) is 5.82 Å². The Hall–Kier alpha value is -2.02. The van der Waals surface area contributed by atoms with Gasteiger partial charge in [0, 0.05) is 31.1 Å². The quantitative estimate of drug-likeness (QED) is 0.779. The van der Waals surface area contributed by atoms with Gasteiger partial charge in [-0.15, -0.1) is 11.3 Å². The van der Waals surface area contributed by atoms with Crippen LogP contribution in [-0.2, 0) is 6.42 Å². The molecular weight excluding hydrogens is 272 g/mol. The van der Waals surface area contributed by atoms with E-state index in [1.54, 1.807) is 17.5 Å². The molecule has 0 aliphatic rings. The zero-order chi connectivity index (χ0) is 13.9. The van der Waals surface area contributed by atoms with Gasteiger partial charge in [0.05, 0.1) is 16.6 Å². The third-order valence-corrected chi connectivity index (χ3v) is 4.00. The molecule has 0 amide bonds. The molecule has 0 aliphatic carbocycles. The van der Waals surface area contributed by atoms with E-state index in [1.807, 2.05) is 18.5 Å². The van der Waals surface area contributed by atoms with E-state index in [9.17, 15) is 0 Å². The first kappa shape index (κ1) is 13.0. The molecule has 3 rings (SSSR count). The van der Waals surface area contributed by atoms with Gasteiger partial charge in [-0.25, -0.2) is 15.0 Å². The second-order valence-corrected chi connectivity index (χ2v) is 5.46. The first-order valence-corrected chi connectivity index (χ1v) is 7.47. The van der Waals surface area contributed by atoms with Crippen LogP contribution >= 0.6 is 11.3 Å². The third kappa shape index (κ3) is 2.49. The van der Waals surface area contributed by atoms with E-state index < -0.39 is 0 Å². The number of nitrogens with one attached hydrogen (secondary N) is 1. The van der Waals surface area contributed by atoms with Gasteiger partial charge in [-0.2, -0.15) is 5.10 Å². The standard InChI is InChI=1S/C13H16N6S/c1-3-19(6-4-11-14-5-7-20-11)13-10-8-15-18-12(10)16-9(2)17-13/h5,7-8H,3-4,6H2,1-2H3,(H,15,16,17,18). The van der Waals surface area contributed by atoms with Gasteiger partial charge in [0.1, 0.15) is 11.6 Å². The van der Waals surface area contributed by atoms with Crippen LogP contribution in [0.3, 0.4) is 0 Å². The molecule has 3 aromatic heterocycles. The molecule has 104 valence electrons. The van der Waals surface area contributed by atoms with E-state index in [4.69, 9.17) is 0 Å². The van der Waals surface area contributed by atoms with Crippen molar-refractivity contribution in [2.45, 2.75) is 20.3 Å². The van der Waals surface area contributed by atoms with Crippen molar-refractivity contribution in [3.8, 4) is 0 Å². The normalized spacial score (nSPS) is 11.1. The number of aryl methyl sites for hydroxylation is 1. The van der Waals surface area contributed by atoms with Gasteiger partial charge in [0.15, 0.2) is 5.65 Å². The molecule has 0 spiro atoms. The first-order valence-electron chi connectivity index (χ1n) is 6.59. The fraction of sp³-hybridized carbons (Fsp3) is 0.385. The Labute approximate surface area is 120 Å². The van der Waals surface area contributed by atoms with Crippen molar-refractivity contribution in [2.24, 2.45) is 0 Å². The van der Waals surface area contributed by atoms with E-state index in [-0.39, 0.29) is 0 Å². The Morgan fingerprint density at radius 2 is 2.25 bits per heavy atom. The molecule has 0 aromatic carbocycles. The van der Waals surface area contributed by atoms with Gasteiger partial charge in [-0.3, -0.25) is 5.10 Å². The monoisotopic (exact) mass is 288 g/mol. The smallest absolute Gasteiger partial charge is 0.161 e. The van der Waals surface area contributed by atoms with Crippen molar-refractivity contribution in [3.05, 3.63) is 28.6 Å². The van der Waals surface area contributed by atoms with Gasteiger partial charge in [-0.1, -0.05) is 0 Å². The van der Waals surface area contributed by atoms with Crippen LogP contribution in [-0.4, -0.2) is 38.2 Å². The summed E-state index contributed by atoms with van der Waals surface area (Å²) in [6.07, 6.45) is 4.56. The third-order valence-electron chi connectivity index (χ3n) is 3.16. The van der Waals surface area contributed by atoms with Crippen molar-refractivity contribution in [1.82, 2.24) is 25.1 Å². The van der Waals surface area contributed by atoms with Gasteiger partial charge in [0.2, 0.25) is 0 Å². The highest BCUT2D eigenvalue weighted by Crippen LogP contribution is 2.22. The number of H-pyrrole nitrogens is 1. The Morgan fingerprint density at radius 1 is 1.35 bits per heavy atom. The van der Waals surface area contributed by atoms with Crippen molar-refractivity contribution >= 4 is 28.2 Å². The Kier molecular flexibility index (Phi) is 3.60. The zero-order valence-electron chi connectivity index (χ0n) is 11.5. The van der Waals surface area contributed by atoms with Crippen LogP contribution in [0.15, 0.2) is 17.8 Å². The summed E-state index contributed by atoms with van der Waals surface area (Å²) in [5, 5.41) is 11.1. The molecule has 3 heterocycles. The first-order chi connectivity index (χ1) is 9.78. The Morgan fingerprint density at radius 3 is 3.00 bits per heavy atom. The van der Waals surface area contributed by atoms with Gasteiger partial charge in [0.25, 0.3) is 0 Å². The minimum atomic E-state index is 0.754. The highest BCUT2D eigenvalue weighted by molar-refractivity contribution is 7.09. The molecule has 0 radical (unpaired) electrons. The lowest BCUT2D eigenvalue weighted by Gasteiger charge is -2.22. The predicted octanol–water partition coefficient (Wildman–Crippen LogP) is 2.19. The van der Waals surface area contributed by atoms with Crippen LogP contribution in [0.1, 0.15) is 17.8 Å². The zero-order valence-corrected chi connectivity index (χ0v) is 12.3. The highest BCUT2D eigenvalue weighted by Gasteiger charge is 2.14. The van der Waals surface area contributed by atoms with E-state index >= 15 is 0 Å². The van der Waals surface area contributed by atoms with Gasteiger partial charge >= 0.3 is 0 Å². The number of aromatic amines is 1. The second-order valence-electron chi connectivity index (χ2n) is 4.48. The largest absolute Gasteiger partial charge is 0.356 e. The molecule has 1 N–H and O–H groups in total. The number of hydrogen-bond donors (Lipinski definition) is 1. The summed E-state index contributed by atoms with van der Waals surface area (Å²) < 4.78 is 0. The number of hydrogen-bond acceptors (Lipinski definition) is 6. The van der Waals surface area contributed by atoms with Crippen molar-refractivity contribution < 1.29 is 0 Å². The Balaban J connectivity index is 1.88. The molecule has 7 heteroatoms. The maximum absolute atomic E-state index is 4.58. The summed E-state index contributed by atoms with van der Waals surface area (Å²) in [4.78, 5) is 15.5. The van der Waals surface area contributed by atoms with Crippen molar-refractivity contribution in [2.75, 3.05) is 18.0 Å². The van der Waals surface area contributed by atoms with Gasteiger partial charge in [-0.05, 0) is 13.8 Å². The Bertz CT molecular complexity index is 690. The fourth-order valence-electron chi connectivity index (χ4n) is 2.19. The molecule has 0 saturated carbocycles. The van der Waals surface area contributed by atoms with E-state index in [1.165, 1.54) is 0 Å². The number of fused-ring (bicyclic) bond motifs is 1. The number of likely N-dealkylation sites (N-methyl/N-ethyl adjacent to an activating group) is 1. The average molecular weight is 288 g/mol. The number of nitrogens with zero attached hydrogens (tertiary/aromatic N) is 5. The van der Waals surface area contributed by atoms with Crippen molar-refractivity contribution in [3.63, 3.8) is 0 Å². The summed E-state index contributed by atoms with van der Waals surface area (Å²) in [6, 6.07) is 0. The molecule has 0 unspecified atom stereocenters. The van der Waals surface area contributed by atoms with Crippen LogP contribution in [0, 0.1) is 6.92 Å². The van der Waals surface area contributed by atoms with E-state index in [0.29, 0.717) is 0 Å². The molecule has 0 saturated heterocycles. The molecule has 0 aliphatic heterocycles. The summed E-state index contributed by atoms with van der Waals surface area (Å²) in [7, 11) is 0. The maximum Gasteiger partial charge on any atom is 0.161 e. The molecule has 3 aromatic rings. The predicted molar refractivity (Wildman–Crippen MR) is 80.1 cm³/mol. The topological polar surface area (TPSA) is 70.6 Å².